The maximum absolute atomic E-state index is 13.9. The molecule has 0 radical (unpaired) electrons. The van der Waals surface area contributed by atoms with Crippen molar-refractivity contribution in [3.05, 3.63) is 69.9 Å². The van der Waals surface area contributed by atoms with E-state index in [1.807, 2.05) is 18.4 Å². The van der Waals surface area contributed by atoms with Gasteiger partial charge in [0.1, 0.15) is 6.04 Å². The SMILES string of the molecule is COc1cc2c(c(OC)c1OC)-c1ccc(NC(CCSC)C(=O)Nc3ccc(N4CCCCS4(=O)=O)cc3)c(=O)cc1C(NC(C)=O)CC2. The summed E-state index contributed by atoms with van der Waals surface area (Å²) >= 11 is 1.58. The number of sulfonamides is 1. The summed E-state index contributed by atoms with van der Waals surface area (Å²) in [7, 11) is 1.26. The first-order valence-electron chi connectivity index (χ1n) is 16.5. The number of rotatable bonds is 12. The van der Waals surface area contributed by atoms with E-state index in [-0.39, 0.29) is 28.7 Å². The van der Waals surface area contributed by atoms with Crippen molar-refractivity contribution >= 4 is 50.7 Å². The van der Waals surface area contributed by atoms with Gasteiger partial charge in [0, 0.05) is 24.7 Å². The smallest absolute Gasteiger partial charge is 0.246 e. The third-order valence-electron chi connectivity index (χ3n) is 8.94. The highest BCUT2D eigenvalue weighted by molar-refractivity contribution is 7.98. The monoisotopic (exact) mass is 724 g/mol. The number of carbonyl (C=O) groups excluding carboxylic acids is 2. The molecule has 3 aromatic rings. The fourth-order valence-corrected chi connectivity index (χ4v) is 8.65. The molecule has 5 rings (SSSR count). The van der Waals surface area contributed by atoms with Gasteiger partial charge in [0.2, 0.25) is 33.0 Å². The summed E-state index contributed by atoms with van der Waals surface area (Å²) in [6.07, 6.45) is 4.89. The molecule has 1 aliphatic carbocycles. The van der Waals surface area contributed by atoms with Crippen LogP contribution in [0.25, 0.3) is 11.1 Å². The van der Waals surface area contributed by atoms with Crippen molar-refractivity contribution in [1.29, 1.82) is 0 Å². The standard InChI is InChI=1S/C36H44N4O8S2/c1-22(41)37-28-14-8-23-20-32(46-2)34(47-3)35(48-4)33(23)26-13-15-29(31(42)21-27(26)28)39-30(16-18-49-5)36(43)38-24-9-11-25(12-10-24)40-17-6-7-19-50(40,44)45/h9-13,15,20-21,28,30H,6-8,14,16-19H2,1-5H3,(H,37,41)(H,38,43)(H,39,42). The van der Waals surface area contributed by atoms with E-state index in [0.717, 1.165) is 17.5 Å². The lowest BCUT2D eigenvalue weighted by atomic mass is 9.95. The molecular weight excluding hydrogens is 681 g/mol. The highest BCUT2D eigenvalue weighted by Crippen LogP contribution is 2.50. The minimum atomic E-state index is -3.36. The number of thioether (sulfide) groups is 1. The van der Waals surface area contributed by atoms with Crippen LogP contribution in [0.15, 0.2) is 53.3 Å². The van der Waals surface area contributed by atoms with Gasteiger partial charge in [0.05, 0.1) is 44.5 Å². The van der Waals surface area contributed by atoms with Crippen molar-refractivity contribution in [3.8, 4) is 28.4 Å². The minimum absolute atomic E-state index is 0.118. The molecule has 2 aliphatic rings. The number of fused-ring (bicyclic) bond motifs is 3. The fourth-order valence-electron chi connectivity index (χ4n) is 6.54. The zero-order chi connectivity index (χ0) is 36.0. The van der Waals surface area contributed by atoms with Gasteiger partial charge in [-0.2, -0.15) is 11.8 Å². The number of nitrogens with zero attached hydrogens (tertiary/aromatic N) is 1. The van der Waals surface area contributed by atoms with Crippen LogP contribution in [0.2, 0.25) is 0 Å². The summed E-state index contributed by atoms with van der Waals surface area (Å²) in [5, 5.41) is 9.12. The highest BCUT2D eigenvalue weighted by atomic mass is 32.2. The molecule has 0 spiro atoms. The summed E-state index contributed by atoms with van der Waals surface area (Å²) in [5.74, 6) is 1.55. The quantitative estimate of drug-likeness (QED) is 0.234. The van der Waals surface area contributed by atoms with Crippen molar-refractivity contribution in [3.63, 3.8) is 0 Å². The van der Waals surface area contributed by atoms with E-state index in [9.17, 15) is 22.8 Å². The Morgan fingerprint density at radius 2 is 1.74 bits per heavy atom. The van der Waals surface area contributed by atoms with Gasteiger partial charge in [-0.1, -0.05) is 6.07 Å². The summed E-state index contributed by atoms with van der Waals surface area (Å²) in [5.41, 5.74) is 3.85. The number of aryl methyl sites for hydroxylation is 1. The highest BCUT2D eigenvalue weighted by Gasteiger charge is 2.30. The maximum Gasteiger partial charge on any atom is 0.246 e. The lowest BCUT2D eigenvalue weighted by Gasteiger charge is -2.28. The van der Waals surface area contributed by atoms with E-state index in [0.29, 0.717) is 77.7 Å². The number of hydrogen-bond acceptors (Lipinski definition) is 10. The van der Waals surface area contributed by atoms with Crippen LogP contribution in [0, 0.1) is 0 Å². The molecule has 268 valence electrons. The number of methoxy groups -OCH3 is 3. The molecule has 12 nitrogen and oxygen atoms in total. The Morgan fingerprint density at radius 1 is 1.00 bits per heavy atom. The normalized spacial score (nSPS) is 16.9. The third kappa shape index (κ3) is 7.96. The van der Waals surface area contributed by atoms with Crippen molar-refractivity contribution in [2.45, 2.75) is 51.1 Å². The predicted octanol–water partition coefficient (Wildman–Crippen LogP) is 4.97. The first kappa shape index (κ1) is 36.8. The fraction of sp³-hybridized carbons (Fsp3) is 0.417. The average molecular weight is 725 g/mol. The van der Waals surface area contributed by atoms with Crippen molar-refractivity contribution < 1.29 is 32.2 Å². The van der Waals surface area contributed by atoms with Gasteiger partial charge in [-0.3, -0.25) is 18.7 Å². The van der Waals surface area contributed by atoms with Gasteiger partial charge in [-0.25, -0.2) is 8.42 Å². The minimum Gasteiger partial charge on any atom is -0.493 e. The lowest BCUT2D eigenvalue weighted by Crippen LogP contribution is -2.38. The largest absolute Gasteiger partial charge is 0.493 e. The zero-order valence-corrected chi connectivity index (χ0v) is 30.6. The molecule has 1 heterocycles. The molecule has 2 atom stereocenters. The Labute approximate surface area is 297 Å². The number of carbonyl (C=O) groups is 2. The summed E-state index contributed by atoms with van der Waals surface area (Å²) in [6, 6.07) is 12.4. The topological polar surface area (TPSA) is 152 Å². The lowest BCUT2D eigenvalue weighted by molar-refractivity contribution is -0.120. The van der Waals surface area contributed by atoms with Crippen LogP contribution in [0.3, 0.4) is 0 Å². The molecule has 0 bridgehead atoms. The van der Waals surface area contributed by atoms with E-state index in [1.165, 1.54) is 24.4 Å². The molecule has 0 saturated carbocycles. The molecule has 50 heavy (non-hydrogen) atoms. The van der Waals surface area contributed by atoms with E-state index in [1.54, 1.807) is 56.3 Å². The summed E-state index contributed by atoms with van der Waals surface area (Å²) in [6.45, 7) is 1.87. The summed E-state index contributed by atoms with van der Waals surface area (Å²) in [4.78, 5) is 39.9. The van der Waals surface area contributed by atoms with Gasteiger partial charge in [0.25, 0.3) is 0 Å². The molecule has 1 aliphatic heterocycles. The van der Waals surface area contributed by atoms with Crippen molar-refractivity contribution in [2.75, 3.05) is 60.6 Å². The van der Waals surface area contributed by atoms with Gasteiger partial charge < -0.3 is 30.2 Å². The molecular formula is C36H44N4O8S2. The van der Waals surface area contributed by atoms with E-state index >= 15 is 0 Å². The van der Waals surface area contributed by atoms with Crippen LogP contribution in [0.1, 0.15) is 49.8 Å². The summed E-state index contributed by atoms with van der Waals surface area (Å²) < 4.78 is 43.7. The van der Waals surface area contributed by atoms with Gasteiger partial charge >= 0.3 is 0 Å². The van der Waals surface area contributed by atoms with Crippen LogP contribution in [-0.4, -0.2) is 71.9 Å². The molecule has 14 heteroatoms. The van der Waals surface area contributed by atoms with Gasteiger partial charge in [-0.05, 0) is 103 Å². The Morgan fingerprint density at radius 3 is 2.38 bits per heavy atom. The van der Waals surface area contributed by atoms with Crippen LogP contribution < -0.4 is 39.9 Å². The number of anilines is 3. The Kier molecular flexibility index (Phi) is 11.8. The van der Waals surface area contributed by atoms with Crippen LogP contribution in [0.5, 0.6) is 17.2 Å². The van der Waals surface area contributed by atoms with E-state index in [2.05, 4.69) is 16.0 Å². The molecule has 3 N–H and O–H groups in total. The van der Waals surface area contributed by atoms with Crippen LogP contribution in [0.4, 0.5) is 17.1 Å². The van der Waals surface area contributed by atoms with Crippen LogP contribution >= 0.6 is 11.8 Å². The van der Waals surface area contributed by atoms with Crippen LogP contribution in [-0.2, 0) is 26.0 Å². The van der Waals surface area contributed by atoms with Crippen molar-refractivity contribution in [2.24, 2.45) is 0 Å². The number of hydrogen-bond donors (Lipinski definition) is 3. The Bertz CT molecular complexity index is 1900. The Balaban J connectivity index is 1.50. The Hall–Kier alpha value is -4.43. The number of nitrogens with one attached hydrogen (secondary N) is 3. The first-order chi connectivity index (χ1) is 24.0. The third-order valence-corrected chi connectivity index (χ3v) is 11.5. The zero-order valence-electron chi connectivity index (χ0n) is 29.0. The van der Waals surface area contributed by atoms with Gasteiger partial charge in [0.15, 0.2) is 11.5 Å². The maximum atomic E-state index is 13.9. The molecule has 2 amide bonds. The van der Waals surface area contributed by atoms with E-state index in [4.69, 9.17) is 14.2 Å². The number of ether oxygens (including phenoxy) is 3. The van der Waals surface area contributed by atoms with Gasteiger partial charge in [-0.15, -0.1) is 0 Å². The predicted molar refractivity (Wildman–Crippen MR) is 199 cm³/mol. The van der Waals surface area contributed by atoms with Crippen molar-refractivity contribution in [1.82, 2.24) is 5.32 Å². The number of amides is 2. The number of benzene rings is 2. The molecule has 1 fully saturated rings. The molecule has 1 saturated heterocycles. The molecule has 3 aromatic carbocycles. The average Bonchev–Trinajstić information content (AvgIpc) is 3.33. The molecule has 0 aromatic heterocycles. The first-order valence-corrected chi connectivity index (χ1v) is 19.5. The second-order valence-corrected chi connectivity index (χ2v) is 15.2. The molecule has 2 unspecified atom stereocenters. The second-order valence-electron chi connectivity index (χ2n) is 12.2. The van der Waals surface area contributed by atoms with E-state index < -0.39 is 22.1 Å². The second kappa shape index (κ2) is 16.1.